The zero-order valence-electron chi connectivity index (χ0n) is 26.6. The van der Waals surface area contributed by atoms with Crippen LogP contribution in [0, 0.1) is 13.8 Å². The van der Waals surface area contributed by atoms with Crippen molar-refractivity contribution < 1.29 is 14.6 Å². The molecule has 0 unspecified atom stereocenters. The molecule has 0 radical (unpaired) electrons. The third-order valence-electron chi connectivity index (χ3n) is 7.57. The van der Waals surface area contributed by atoms with Crippen molar-refractivity contribution in [3.63, 3.8) is 0 Å². The number of urea groups is 1. The lowest BCUT2D eigenvalue weighted by atomic mass is 9.92. The van der Waals surface area contributed by atoms with E-state index in [1.807, 2.05) is 68.4 Å². The second-order valence-corrected chi connectivity index (χ2v) is 13.1. The highest BCUT2D eigenvalue weighted by Gasteiger charge is 2.22. The highest BCUT2D eigenvalue weighted by atomic mass is 79.9. The van der Waals surface area contributed by atoms with Crippen molar-refractivity contribution in [3.05, 3.63) is 133 Å². The molecule has 0 spiro atoms. The van der Waals surface area contributed by atoms with Crippen LogP contribution < -0.4 is 20.9 Å². The lowest BCUT2D eigenvalue weighted by Gasteiger charge is -2.16. The average molecular weight is 685 g/mol. The van der Waals surface area contributed by atoms with Crippen LogP contribution >= 0.6 is 15.9 Å². The maximum Gasteiger partial charge on any atom is 0.320 e. The Kier molecular flexibility index (Phi) is 9.67. The number of hydrogen-bond acceptors (Lipinski definition) is 5. The van der Waals surface area contributed by atoms with E-state index in [0.717, 1.165) is 39.2 Å². The number of aromatic hydroxyl groups is 1. The van der Waals surface area contributed by atoms with Crippen LogP contribution in [0.4, 0.5) is 10.6 Å². The van der Waals surface area contributed by atoms with Gasteiger partial charge in [0, 0.05) is 29.8 Å². The number of phenols is 1. The van der Waals surface area contributed by atoms with Crippen LogP contribution in [0.2, 0.25) is 0 Å². The summed E-state index contributed by atoms with van der Waals surface area (Å²) in [5.74, 6) is 1.21. The molecule has 3 aromatic carbocycles. The number of anilines is 1. The summed E-state index contributed by atoms with van der Waals surface area (Å²) in [7, 11) is 0. The van der Waals surface area contributed by atoms with E-state index in [-0.39, 0.29) is 35.9 Å². The Bertz CT molecular complexity index is 1910. The molecule has 238 valence electrons. The molecule has 2 aromatic heterocycles. The molecule has 9 nitrogen and oxygen atoms in total. The van der Waals surface area contributed by atoms with Crippen LogP contribution in [0.1, 0.15) is 54.3 Å². The first kappa shape index (κ1) is 32.6. The molecule has 46 heavy (non-hydrogen) atoms. The summed E-state index contributed by atoms with van der Waals surface area (Å²) in [6.45, 7) is 11.0. The number of halogens is 1. The fraction of sp³-hybridized carbons (Fsp3) is 0.250. The van der Waals surface area contributed by atoms with Crippen LogP contribution in [0.15, 0.2) is 94.3 Å². The SMILES string of the molecule is Cc1ccc(-n2nc(C(C)(C)C)cc2NC(=O)NCc2ccccc2COc2c(C)cn(Cc3ccc(O)cc3)c(=O)c2Br)cc1. The Hall–Kier alpha value is -4.83. The number of aryl methyl sites for hydroxylation is 2. The maximum atomic E-state index is 13.1. The lowest BCUT2D eigenvalue weighted by molar-refractivity contribution is 0.251. The molecule has 5 aromatic rings. The summed E-state index contributed by atoms with van der Waals surface area (Å²) >= 11 is 3.45. The highest BCUT2D eigenvalue weighted by molar-refractivity contribution is 9.10. The average Bonchev–Trinajstić information content (AvgIpc) is 3.45. The molecule has 10 heteroatoms. The van der Waals surface area contributed by atoms with Gasteiger partial charge in [0.15, 0.2) is 0 Å². The van der Waals surface area contributed by atoms with Crippen molar-refractivity contribution in [2.75, 3.05) is 5.32 Å². The zero-order valence-corrected chi connectivity index (χ0v) is 28.2. The first-order valence-corrected chi connectivity index (χ1v) is 15.8. The first-order valence-electron chi connectivity index (χ1n) is 15.0. The van der Waals surface area contributed by atoms with Gasteiger partial charge in [-0.15, -0.1) is 0 Å². The fourth-order valence-electron chi connectivity index (χ4n) is 4.92. The standard InChI is InChI=1S/C36H38BrN5O4/c1-23-10-14-28(15-11-23)42-31(18-30(40-42)36(3,4)5)39-35(45)38-19-26-8-6-7-9-27(26)22-46-33-24(2)20-41(34(44)32(33)37)21-25-12-16-29(43)17-13-25/h6-18,20,43H,19,21-22H2,1-5H3,(H2,38,39,45). The third-order valence-corrected chi connectivity index (χ3v) is 8.27. The number of hydrogen-bond donors (Lipinski definition) is 3. The van der Waals surface area contributed by atoms with Crippen molar-refractivity contribution >= 4 is 27.8 Å². The van der Waals surface area contributed by atoms with Gasteiger partial charge in [0.2, 0.25) is 0 Å². The minimum absolute atomic E-state index is 0.175. The number of nitrogens with zero attached hydrogens (tertiary/aromatic N) is 3. The van der Waals surface area contributed by atoms with Crippen LogP contribution in [0.25, 0.3) is 5.69 Å². The van der Waals surface area contributed by atoms with Gasteiger partial charge >= 0.3 is 6.03 Å². The van der Waals surface area contributed by atoms with Gasteiger partial charge in [-0.1, -0.05) is 74.9 Å². The molecule has 0 aliphatic carbocycles. The molecule has 0 saturated heterocycles. The summed E-state index contributed by atoms with van der Waals surface area (Å²) in [4.78, 5) is 26.3. The molecule has 0 bridgehead atoms. The van der Waals surface area contributed by atoms with E-state index in [4.69, 9.17) is 9.84 Å². The molecular formula is C36H38BrN5O4. The summed E-state index contributed by atoms with van der Waals surface area (Å²) in [5, 5.41) is 20.3. The molecule has 0 fully saturated rings. The number of amides is 2. The van der Waals surface area contributed by atoms with Gasteiger partial charge in [-0.25, -0.2) is 9.48 Å². The van der Waals surface area contributed by atoms with Gasteiger partial charge in [-0.2, -0.15) is 5.10 Å². The predicted octanol–water partition coefficient (Wildman–Crippen LogP) is 7.37. The molecular weight excluding hydrogens is 646 g/mol. The second kappa shape index (κ2) is 13.7. The number of carbonyl (C=O) groups excluding carboxylic acids is 1. The van der Waals surface area contributed by atoms with E-state index < -0.39 is 0 Å². The summed E-state index contributed by atoms with van der Waals surface area (Å²) in [5.41, 5.74) is 5.87. The van der Waals surface area contributed by atoms with Crippen LogP contribution in [0.3, 0.4) is 0 Å². The van der Waals surface area contributed by atoms with E-state index in [1.54, 1.807) is 39.7 Å². The number of rotatable bonds is 9. The highest BCUT2D eigenvalue weighted by Crippen LogP contribution is 2.28. The van der Waals surface area contributed by atoms with Gasteiger partial charge in [-0.05, 0) is 70.7 Å². The smallest absolute Gasteiger partial charge is 0.320 e. The Morgan fingerprint density at radius 2 is 1.65 bits per heavy atom. The van der Waals surface area contributed by atoms with Crippen LogP contribution in [0.5, 0.6) is 11.5 Å². The van der Waals surface area contributed by atoms with E-state index in [9.17, 15) is 14.7 Å². The molecule has 2 heterocycles. The van der Waals surface area contributed by atoms with Gasteiger partial charge in [0.25, 0.3) is 5.56 Å². The Morgan fingerprint density at radius 3 is 2.33 bits per heavy atom. The topological polar surface area (TPSA) is 110 Å². The molecule has 3 N–H and O–H groups in total. The number of aromatic nitrogens is 3. The number of nitrogens with one attached hydrogen (secondary N) is 2. The van der Waals surface area contributed by atoms with E-state index in [1.165, 1.54) is 0 Å². The normalized spacial score (nSPS) is 11.3. The molecule has 0 aliphatic heterocycles. The van der Waals surface area contributed by atoms with Gasteiger partial charge in [0.1, 0.15) is 28.4 Å². The monoisotopic (exact) mass is 683 g/mol. The predicted molar refractivity (Wildman–Crippen MR) is 184 cm³/mol. The van der Waals surface area contributed by atoms with E-state index >= 15 is 0 Å². The van der Waals surface area contributed by atoms with Crippen molar-refractivity contribution in [1.82, 2.24) is 19.7 Å². The lowest BCUT2D eigenvalue weighted by Crippen LogP contribution is -2.29. The van der Waals surface area contributed by atoms with Crippen LogP contribution in [-0.2, 0) is 25.1 Å². The fourth-order valence-corrected chi connectivity index (χ4v) is 5.57. The van der Waals surface area contributed by atoms with Gasteiger partial charge in [-0.3, -0.25) is 10.1 Å². The van der Waals surface area contributed by atoms with E-state index in [2.05, 4.69) is 47.3 Å². The number of pyridine rings is 1. The van der Waals surface area contributed by atoms with Gasteiger partial charge in [0.05, 0.1) is 17.9 Å². The number of benzene rings is 3. The number of carbonyl (C=O) groups is 1. The first-order chi connectivity index (χ1) is 21.9. The molecule has 0 saturated carbocycles. The van der Waals surface area contributed by atoms with Gasteiger partial charge < -0.3 is 19.7 Å². The van der Waals surface area contributed by atoms with Crippen molar-refractivity contribution in [2.24, 2.45) is 0 Å². The number of ether oxygens (including phenoxy) is 1. The minimum Gasteiger partial charge on any atom is -0.508 e. The minimum atomic E-state index is -0.361. The molecule has 2 amide bonds. The third kappa shape index (κ3) is 7.69. The van der Waals surface area contributed by atoms with E-state index in [0.29, 0.717) is 22.6 Å². The van der Waals surface area contributed by atoms with Crippen molar-refractivity contribution in [3.8, 4) is 17.2 Å². The molecule has 0 aliphatic rings. The quantitative estimate of drug-likeness (QED) is 0.150. The Morgan fingerprint density at radius 1 is 0.978 bits per heavy atom. The maximum absolute atomic E-state index is 13.1. The van der Waals surface area contributed by atoms with Crippen molar-refractivity contribution in [2.45, 2.75) is 59.7 Å². The zero-order chi connectivity index (χ0) is 33.0. The molecule has 0 atom stereocenters. The second-order valence-electron chi connectivity index (χ2n) is 12.3. The van der Waals surface area contributed by atoms with Crippen molar-refractivity contribution in [1.29, 1.82) is 0 Å². The summed E-state index contributed by atoms with van der Waals surface area (Å²) in [6.07, 6.45) is 1.76. The Balaban J connectivity index is 1.27. The summed E-state index contributed by atoms with van der Waals surface area (Å²) < 4.78 is 9.86. The largest absolute Gasteiger partial charge is 0.508 e. The molecule has 5 rings (SSSR count). The van der Waals surface area contributed by atoms with Crippen LogP contribution in [-0.4, -0.2) is 25.5 Å². The summed E-state index contributed by atoms with van der Waals surface area (Å²) in [6, 6.07) is 24.0. The number of phenolic OH excluding ortho intramolecular Hbond substituents is 1. The Labute approximate surface area is 277 Å².